The van der Waals surface area contributed by atoms with Gasteiger partial charge in [0, 0.05) is 5.69 Å². The van der Waals surface area contributed by atoms with Crippen LogP contribution in [0.5, 0.6) is 11.5 Å². The van der Waals surface area contributed by atoms with E-state index >= 15 is 0 Å². The maximum atomic E-state index is 12.3. The van der Waals surface area contributed by atoms with Crippen molar-refractivity contribution in [2.24, 2.45) is 0 Å². The third-order valence-electron chi connectivity index (χ3n) is 3.44. The van der Waals surface area contributed by atoms with Crippen LogP contribution in [0.25, 0.3) is 6.08 Å². The number of carbonyl (C=O) groups is 1. The van der Waals surface area contributed by atoms with Crippen LogP contribution in [-0.2, 0) is 4.79 Å². The van der Waals surface area contributed by atoms with Crippen molar-refractivity contribution in [2.45, 2.75) is 6.92 Å². The van der Waals surface area contributed by atoms with Crippen LogP contribution in [0.15, 0.2) is 46.4 Å². The van der Waals surface area contributed by atoms with E-state index in [2.05, 4.69) is 21.2 Å². The monoisotopic (exact) mass is 400 g/mol. The largest absolute Gasteiger partial charge is 0.493 e. The summed E-state index contributed by atoms with van der Waals surface area (Å²) >= 11 is 3.39. The molecule has 0 saturated carbocycles. The molecule has 0 aromatic heterocycles. The van der Waals surface area contributed by atoms with Crippen LogP contribution in [0.1, 0.15) is 11.1 Å². The van der Waals surface area contributed by atoms with Crippen LogP contribution in [0, 0.1) is 18.3 Å². The smallest absolute Gasteiger partial charge is 0.266 e. The molecule has 0 aliphatic rings. The van der Waals surface area contributed by atoms with Crippen LogP contribution >= 0.6 is 15.9 Å². The highest BCUT2D eigenvalue weighted by Crippen LogP contribution is 2.36. The van der Waals surface area contributed by atoms with E-state index in [1.54, 1.807) is 24.3 Å². The van der Waals surface area contributed by atoms with Crippen LogP contribution in [-0.4, -0.2) is 20.1 Å². The Morgan fingerprint density at radius 1 is 1.20 bits per heavy atom. The van der Waals surface area contributed by atoms with E-state index in [-0.39, 0.29) is 5.57 Å². The van der Waals surface area contributed by atoms with Gasteiger partial charge >= 0.3 is 0 Å². The van der Waals surface area contributed by atoms with E-state index in [0.717, 1.165) is 5.56 Å². The van der Waals surface area contributed by atoms with E-state index in [9.17, 15) is 10.1 Å². The topological polar surface area (TPSA) is 71.3 Å². The predicted molar refractivity (Wildman–Crippen MR) is 101 cm³/mol. The third kappa shape index (κ3) is 4.61. The van der Waals surface area contributed by atoms with Crippen LogP contribution in [0.2, 0.25) is 0 Å². The van der Waals surface area contributed by atoms with Crippen molar-refractivity contribution >= 4 is 33.6 Å². The van der Waals surface area contributed by atoms with Crippen molar-refractivity contribution in [1.82, 2.24) is 0 Å². The van der Waals surface area contributed by atoms with Gasteiger partial charge in [-0.15, -0.1) is 0 Å². The minimum absolute atomic E-state index is 0.0142. The molecule has 0 aliphatic carbocycles. The van der Waals surface area contributed by atoms with Crippen molar-refractivity contribution in [2.75, 3.05) is 19.5 Å². The molecule has 0 fully saturated rings. The molecule has 1 N–H and O–H groups in total. The standard InChI is InChI=1S/C19H17BrN2O3/c1-12-4-6-15(7-5-12)22-19(23)14(11-21)8-13-9-16(20)18(25-3)17(10-13)24-2/h4-10H,1-3H3,(H,22,23)/b14-8+. The summed E-state index contributed by atoms with van der Waals surface area (Å²) in [6.45, 7) is 1.96. The summed E-state index contributed by atoms with van der Waals surface area (Å²) in [5.74, 6) is 0.568. The zero-order valence-corrected chi connectivity index (χ0v) is 15.7. The minimum Gasteiger partial charge on any atom is -0.493 e. The Bertz CT molecular complexity index is 852. The Kier molecular flexibility index (Phi) is 6.20. The summed E-state index contributed by atoms with van der Waals surface area (Å²) in [4.78, 5) is 12.3. The molecule has 0 bridgehead atoms. The summed E-state index contributed by atoms with van der Waals surface area (Å²) in [7, 11) is 3.06. The van der Waals surface area contributed by atoms with Gasteiger partial charge in [0.1, 0.15) is 11.6 Å². The molecule has 2 rings (SSSR count). The molecule has 2 aromatic carbocycles. The molecule has 0 saturated heterocycles. The van der Waals surface area contributed by atoms with Crippen molar-refractivity contribution < 1.29 is 14.3 Å². The first-order valence-electron chi connectivity index (χ1n) is 7.39. The number of amides is 1. The van der Waals surface area contributed by atoms with E-state index in [1.165, 1.54) is 20.3 Å². The number of methoxy groups -OCH3 is 2. The molecule has 0 atom stereocenters. The van der Waals surface area contributed by atoms with Gasteiger partial charge in [0.25, 0.3) is 5.91 Å². The summed E-state index contributed by atoms with van der Waals surface area (Å²) in [5.41, 5.74) is 2.34. The summed E-state index contributed by atoms with van der Waals surface area (Å²) in [6.07, 6.45) is 1.50. The SMILES string of the molecule is COc1cc(/C=C(\C#N)C(=O)Nc2ccc(C)cc2)cc(Br)c1OC. The highest BCUT2D eigenvalue weighted by atomic mass is 79.9. The van der Waals surface area contributed by atoms with Gasteiger partial charge in [-0.1, -0.05) is 17.7 Å². The Hall–Kier alpha value is -2.78. The van der Waals surface area contributed by atoms with Gasteiger partial charge in [-0.2, -0.15) is 5.26 Å². The van der Waals surface area contributed by atoms with Crippen LogP contribution in [0.3, 0.4) is 0 Å². The second-order valence-electron chi connectivity index (χ2n) is 5.23. The first-order valence-corrected chi connectivity index (χ1v) is 8.19. The molecule has 25 heavy (non-hydrogen) atoms. The Balaban J connectivity index is 2.30. The average Bonchev–Trinajstić information content (AvgIpc) is 2.60. The van der Waals surface area contributed by atoms with Crippen molar-refractivity contribution in [3.63, 3.8) is 0 Å². The quantitative estimate of drug-likeness (QED) is 0.599. The Morgan fingerprint density at radius 3 is 2.44 bits per heavy atom. The maximum absolute atomic E-state index is 12.3. The number of benzene rings is 2. The maximum Gasteiger partial charge on any atom is 0.266 e. The first kappa shape index (κ1) is 18.6. The van der Waals surface area contributed by atoms with Crippen LogP contribution < -0.4 is 14.8 Å². The molecular weight excluding hydrogens is 384 g/mol. The highest BCUT2D eigenvalue weighted by molar-refractivity contribution is 9.10. The predicted octanol–water partition coefficient (Wildman–Crippen LogP) is 4.32. The van der Waals surface area contributed by atoms with Gasteiger partial charge in [-0.05, 0) is 58.8 Å². The molecule has 2 aromatic rings. The lowest BCUT2D eigenvalue weighted by atomic mass is 10.1. The zero-order valence-electron chi connectivity index (χ0n) is 14.1. The molecular formula is C19H17BrN2O3. The van der Waals surface area contributed by atoms with Crippen LogP contribution in [0.4, 0.5) is 5.69 Å². The molecule has 0 aliphatic heterocycles. The summed E-state index contributed by atoms with van der Waals surface area (Å²) < 4.78 is 11.2. The summed E-state index contributed by atoms with van der Waals surface area (Å²) in [6, 6.07) is 12.7. The zero-order chi connectivity index (χ0) is 18.4. The Morgan fingerprint density at radius 2 is 1.88 bits per heavy atom. The molecule has 0 spiro atoms. The number of hydrogen-bond acceptors (Lipinski definition) is 4. The van der Waals surface area contributed by atoms with E-state index in [0.29, 0.717) is 27.2 Å². The molecule has 128 valence electrons. The fraction of sp³-hybridized carbons (Fsp3) is 0.158. The number of halogens is 1. The minimum atomic E-state index is -0.475. The molecule has 0 radical (unpaired) electrons. The van der Waals surface area contributed by atoms with Crippen molar-refractivity contribution in [3.8, 4) is 17.6 Å². The van der Waals surface area contributed by atoms with Gasteiger partial charge in [0.2, 0.25) is 0 Å². The second-order valence-corrected chi connectivity index (χ2v) is 6.08. The molecule has 0 unspecified atom stereocenters. The van der Waals surface area contributed by atoms with Gasteiger partial charge in [0.15, 0.2) is 11.5 Å². The third-order valence-corrected chi connectivity index (χ3v) is 4.03. The fourth-order valence-corrected chi connectivity index (χ4v) is 2.79. The lowest BCUT2D eigenvalue weighted by Gasteiger charge is -2.11. The van der Waals surface area contributed by atoms with E-state index in [1.807, 2.05) is 25.1 Å². The Labute approximate surface area is 155 Å². The molecule has 0 heterocycles. The van der Waals surface area contributed by atoms with Crippen molar-refractivity contribution in [3.05, 3.63) is 57.6 Å². The normalized spacial score (nSPS) is 10.8. The first-order chi connectivity index (χ1) is 12.0. The van der Waals surface area contributed by atoms with Gasteiger partial charge in [-0.25, -0.2) is 0 Å². The molecule has 6 heteroatoms. The van der Waals surface area contributed by atoms with Gasteiger partial charge in [0.05, 0.1) is 18.7 Å². The fourth-order valence-electron chi connectivity index (χ4n) is 2.17. The number of nitriles is 1. The highest BCUT2D eigenvalue weighted by Gasteiger charge is 2.13. The number of anilines is 1. The van der Waals surface area contributed by atoms with E-state index in [4.69, 9.17) is 9.47 Å². The number of nitrogens with zero attached hydrogens (tertiary/aromatic N) is 1. The number of nitrogens with one attached hydrogen (secondary N) is 1. The second kappa shape index (κ2) is 8.36. The van der Waals surface area contributed by atoms with Gasteiger partial charge in [-0.3, -0.25) is 4.79 Å². The average molecular weight is 401 g/mol. The summed E-state index contributed by atoms with van der Waals surface area (Å²) in [5, 5.41) is 12.0. The number of ether oxygens (including phenoxy) is 2. The number of carbonyl (C=O) groups excluding carboxylic acids is 1. The van der Waals surface area contributed by atoms with Gasteiger partial charge < -0.3 is 14.8 Å². The molecule has 5 nitrogen and oxygen atoms in total. The van der Waals surface area contributed by atoms with Crippen molar-refractivity contribution in [1.29, 1.82) is 5.26 Å². The lowest BCUT2D eigenvalue weighted by Crippen LogP contribution is -2.13. The number of hydrogen-bond donors (Lipinski definition) is 1. The number of aryl methyl sites for hydroxylation is 1. The van der Waals surface area contributed by atoms with E-state index < -0.39 is 5.91 Å². The number of rotatable bonds is 5. The lowest BCUT2D eigenvalue weighted by molar-refractivity contribution is -0.112. The molecule has 1 amide bonds.